The van der Waals surface area contributed by atoms with E-state index in [1.54, 1.807) is 0 Å². The lowest BCUT2D eigenvalue weighted by atomic mass is 10.3. The Morgan fingerprint density at radius 3 is 2.33 bits per heavy atom. The molecule has 0 unspecified atom stereocenters. The van der Waals surface area contributed by atoms with Crippen LogP contribution in [0, 0.1) is 11.7 Å². The Kier molecular flexibility index (Phi) is 4.28. The number of esters is 1. The summed E-state index contributed by atoms with van der Waals surface area (Å²) in [6.45, 7) is 0. The molecule has 0 aromatic heterocycles. The first-order chi connectivity index (χ1) is 11.4. The lowest BCUT2D eigenvalue weighted by molar-refractivity contribution is -0.135. The summed E-state index contributed by atoms with van der Waals surface area (Å²) in [6.07, 6.45) is 1.70. The maximum Gasteiger partial charge on any atom is 0.314 e. The predicted molar refractivity (Wildman–Crippen MR) is 86.8 cm³/mol. The van der Waals surface area contributed by atoms with Crippen LogP contribution in [0.2, 0.25) is 0 Å². The molecule has 0 spiro atoms. The topological polar surface area (TPSA) is 63.7 Å². The minimum atomic E-state index is -4.01. The van der Waals surface area contributed by atoms with E-state index in [2.05, 4.69) is 0 Å². The normalized spacial score (nSPS) is 14.2. The highest BCUT2D eigenvalue weighted by Gasteiger charge is 2.31. The number of carbonyl (C=O) groups is 1. The van der Waals surface area contributed by atoms with E-state index in [9.17, 15) is 17.6 Å². The van der Waals surface area contributed by atoms with Crippen molar-refractivity contribution in [2.75, 3.05) is 11.4 Å². The second-order valence-corrected chi connectivity index (χ2v) is 7.53. The average molecular weight is 349 g/mol. The Labute approximate surface area is 139 Å². The molecule has 0 bridgehead atoms. The highest BCUT2D eigenvalue weighted by Crippen LogP contribution is 2.31. The SMILES string of the molecule is CN(c1ccc(OC(=O)C2CC2)cc1)S(=O)(=O)c1ccccc1F. The average Bonchev–Trinajstić information content (AvgIpc) is 3.40. The molecule has 0 heterocycles. The Bertz CT molecular complexity index is 860. The van der Waals surface area contributed by atoms with E-state index >= 15 is 0 Å². The van der Waals surface area contributed by atoms with Gasteiger partial charge in [0.2, 0.25) is 0 Å². The van der Waals surface area contributed by atoms with Crippen molar-refractivity contribution >= 4 is 21.7 Å². The van der Waals surface area contributed by atoms with Gasteiger partial charge in [-0.25, -0.2) is 12.8 Å². The lowest BCUT2D eigenvalue weighted by Gasteiger charge is -2.20. The van der Waals surface area contributed by atoms with E-state index in [0.29, 0.717) is 11.4 Å². The second kappa shape index (κ2) is 6.24. The van der Waals surface area contributed by atoms with Gasteiger partial charge in [0.25, 0.3) is 10.0 Å². The van der Waals surface area contributed by atoms with Crippen molar-refractivity contribution in [1.29, 1.82) is 0 Å². The number of benzene rings is 2. The zero-order valence-electron chi connectivity index (χ0n) is 13.0. The van der Waals surface area contributed by atoms with Crippen LogP contribution in [0.15, 0.2) is 53.4 Å². The zero-order chi connectivity index (χ0) is 17.3. The van der Waals surface area contributed by atoms with Crippen LogP contribution < -0.4 is 9.04 Å². The number of nitrogens with zero attached hydrogens (tertiary/aromatic N) is 1. The molecule has 126 valence electrons. The van der Waals surface area contributed by atoms with Gasteiger partial charge < -0.3 is 4.74 Å². The summed E-state index contributed by atoms with van der Waals surface area (Å²) in [6, 6.07) is 11.3. The number of hydrogen-bond acceptors (Lipinski definition) is 4. The number of sulfonamides is 1. The smallest absolute Gasteiger partial charge is 0.314 e. The fourth-order valence-electron chi connectivity index (χ4n) is 2.18. The summed E-state index contributed by atoms with van der Waals surface area (Å²) in [7, 11) is -2.67. The Morgan fingerprint density at radius 1 is 1.12 bits per heavy atom. The van der Waals surface area contributed by atoms with Crippen LogP contribution in [-0.4, -0.2) is 21.4 Å². The van der Waals surface area contributed by atoms with Gasteiger partial charge in [0.05, 0.1) is 11.6 Å². The standard InChI is InChI=1S/C17H16FNO4S/c1-19(24(21,22)16-5-3-2-4-15(16)18)13-8-10-14(11-9-13)23-17(20)12-6-7-12/h2-5,8-12H,6-7H2,1H3. The second-order valence-electron chi connectivity index (χ2n) is 5.59. The summed E-state index contributed by atoms with van der Waals surface area (Å²) < 4.78 is 45.0. The van der Waals surface area contributed by atoms with Gasteiger partial charge in [-0.05, 0) is 49.2 Å². The molecular weight excluding hydrogens is 333 g/mol. The van der Waals surface area contributed by atoms with E-state index in [1.807, 2.05) is 0 Å². The number of carbonyl (C=O) groups excluding carboxylic acids is 1. The van der Waals surface area contributed by atoms with E-state index < -0.39 is 20.7 Å². The van der Waals surface area contributed by atoms with Crippen LogP contribution in [0.4, 0.5) is 10.1 Å². The Hall–Kier alpha value is -2.41. The van der Waals surface area contributed by atoms with Gasteiger partial charge >= 0.3 is 5.97 Å². The largest absolute Gasteiger partial charge is 0.426 e. The summed E-state index contributed by atoms with van der Waals surface area (Å²) in [4.78, 5) is 11.2. The van der Waals surface area contributed by atoms with Gasteiger partial charge in [-0.15, -0.1) is 0 Å². The molecule has 7 heteroatoms. The number of anilines is 1. The number of hydrogen-bond donors (Lipinski definition) is 0. The third-order valence-corrected chi connectivity index (χ3v) is 5.62. The summed E-state index contributed by atoms with van der Waals surface area (Å²) in [5.41, 5.74) is 0.337. The fourth-order valence-corrected chi connectivity index (χ4v) is 3.44. The van der Waals surface area contributed by atoms with Crippen LogP contribution in [-0.2, 0) is 14.8 Å². The van der Waals surface area contributed by atoms with Gasteiger partial charge in [-0.1, -0.05) is 12.1 Å². The third-order valence-electron chi connectivity index (χ3n) is 3.80. The van der Waals surface area contributed by atoms with Gasteiger partial charge in [-0.3, -0.25) is 9.10 Å². The molecule has 0 saturated heterocycles. The first-order valence-electron chi connectivity index (χ1n) is 7.45. The minimum Gasteiger partial charge on any atom is -0.426 e. The van der Waals surface area contributed by atoms with Crippen LogP contribution in [0.3, 0.4) is 0 Å². The Morgan fingerprint density at radius 2 is 1.75 bits per heavy atom. The summed E-state index contributed by atoms with van der Waals surface area (Å²) in [5.74, 6) is -0.740. The maximum atomic E-state index is 13.8. The first-order valence-corrected chi connectivity index (χ1v) is 8.89. The summed E-state index contributed by atoms with van der Waals surface area (Å²) in [5, 5.41) is 0. The van der Waals surface area contributed by atoms with E-state index in [1.165, 1.54) is 49.5 Å². The van der Waals surface area contributed by atoms with Gasteiger partial charge in [-0.2, -0.15) is 0 Å². The predicted octanol–water partition coefficient (Wildman–Crippen LogP) is 2.97. The van der Waals surface area contributed by atoms with Crippen molar-refractivity contribution in [3.05, 3.63) is 54.3 Å². The first kappa shape index (κ1) is 16.4. The van der Waals surface area contributed by atoms with Gasteiger partial charge in [0.15, 0.2) is 0 Å². The fraction of sp³-hybridized carbons (Fsp3) is 0.235. The minimum absolute atomic E-state index is 0.0196. The maximum absolute atomic E-state index is 13.8. The molecular formula is C17H16FNO4S. The molecule has 2 aromatic carbocycles. The quantitative estimate of drug-likeness (QED) is 0.615. The van der Waals surface area contributed by atoms with Gasteiger partial charge in [0.1, 0.15) is 16.5 Å². The molecule has 24 heavy (non-hydrogen) atoms. The molecule has 0 radical (unpaired) electrons. The van der Waals surface area contributed by atoms with E-state index in [-0.39, 0.29) is 11.9 Å². The third kappa shape index (κ3) is 3.26. The molecule has 1 aliphatic carbocycles. The van der Waals surface area contributed by atoms with Crippen molar-refractivity contribution in [2.45, 2.75) is 17.7 Å². The van der Waals surface area contributed by atoms with Crippen LogP contribution in [0.1, 0.15) is 12.8 Å². The van der Waals surface area contributed by atoms with Crippen molar-refractivity contribution in [3.63, 3.8) is 0 Å². The molecule has 0 N–H and O–H groups in total. The van der Waals surface area contributed by atoms with Crippen LogP contribution >= 0.6 is 0 Å². The number of halogens is 1. The van der Waals surface area contributed by atoms with Crippen LogP contribution in [0.5, 0.6) is 5.75 Å². The molecule has 1 saturated carbocycles. The van der Waals surface area contributed by atoms with Gasteiger partial charge in [0, 0.05) is 7.05 Å². The molecule has 0 amide bonds. The summed E-state index contributed by atoms with van der Waals surface area (Å²) >= 11 is 0. The highest BCUT2D eigenvalue weighted by molar-refractivity contribution is 7.92. The molecule has 2 aromatic rings. The van der Waals surface area contributed by atoms with Crippen LogP contribution in [0.25, 0.3) is 0 Å². The Balaban J connectivity index is 1.80. The number of ether oxygens (including phenoxy) is 1. The zero-order valence-corrected chi connectivity index (χ0v) is 13.8. The van der Waals surface area contributed by atoms with E-state index in [0.717, 1.165) is 23.2 Å². The monoisotopic (exact) mass is 349 g/mol. The molecule has 5 nitrogen and oxygen atoms in total. The molecule has 1 fully saturated rings. The molecule has 0 atom stereocenters. The highest BCUT2D eigenvalue weighted by atomic mass is 32.2. The lowest BCUT2D eigenvalue weighted by Crippen LogP contribution is -2.27. The van der Waals surface area contributed by atoms with Crippen molar-refractivity contribution in [2.24, 2.45) is 5.92 Å². The van der Waals surface area contributed by atoms with Crippen molar-refractivity contribution in [1.82, 2.24) is 0 Å². The van der Waals surface area contributed by atoms with Crippen molar-refractivity contribution < 1.29 is 22.3 Å². The molecule has 1 aliphatic rings. The van der Waals surface area contributed by atoms with Crippen molar-refractivity contribution in [3.8, 4) is 5.75 Å². The van der Waals surface area contributed by atoms with E-state index in [4.69, 9.17) is 4.74 Å². The molecule has 0 aliphatic heterocycles. The molecule has 3 rings (SSSR count). The number of rotatable bonds is 5.